The van der Waals surface area contributed by atoms with E-state index in [-0.39, 0.29) is 0 Å². The van der Waals surface area contributed by atoms with Crippen LogP contribution in [0.3, 0.4) is 0 Å². The first-order chi connectivity index (χ1) is 5.70. The van der Waals surface area contributed by atoms with Gasteiger partial charge in [0.1, 0.15) is 0 Å². The molecule has 0 aromatic heterocycles. The first kappa shape index (κ1) is 11.6. The molecule has 0 fully saturated rings. The quantitative estimate of drug-likeness (QED) is 0.575. The normalized spacial score (nSPS) is 13.2. The van der Waals surface area contributed by atoms with Crippen molar-refractivity contribution in [3.05, 3.63) is 35.3 Å². The van der Waals surface area contributed by atoms with Gasteiger partial charge in [-0.3, -0.25) is 0 Å². The molecular weight excluding hydrogens is 164 g/mol. The Morgan fingerprint density at radius 3 is 2.50 bits per heavy atom. The number of allylic oxidation sites excluding steroid dienone is 5. The average molecular weight is 182 g/mol. The van der Waals surface area contributed by atoms with E-state index in [1.165, 1.54) is 22.7 Å². The van der Waals surface area contributed by atoms with Gasteiger partial charge in [0.15, 0.2) is 0 Å². The molecule has 0 aliphatic rings. The summed E-state index contributed by atoms with van der Waals surface area (Å²) in [6.45, 7) is 10.1. The number of rotatable bonds is 5. The van der Waals surface area contributed by atoms with E-state index in [9.17, 15) is 0 Å². The van der Waals surface area contributed by atoms with Crippen molar-refractivity contribution in [2.45, 2.75) is 27.2 Å². The van der Waals surface area contributed by atoms with E-state index in [0.717, 1.165) is 0 Å². The second-order valence-corrected chi connectivity index (χ2v) is 4.08. The van der Waals surface area contributed by atoms with Crippen LogP contribution in [0.2, 0.25) is 0 Å². The molecule has 68 valence electrons. The summed E-state index contributed by atoms with van der Waals surface area (Å²) in [5.41, 5.74) is 1.21. The second kappa shape index (κ2) is 7.23. The minimum absolute atomic E-state index is 1.21. The maximum absolute atomic E-state index is 3.70. The van der Waals surface area contributed by atoms with Crippen LogP contribution in [0.25, 0.3) is 0 Å². The maximum atomic E-state index is 3.70. The van der Waals surface area contributed by atoms with Crippen LogP contribution < -0.4 is 0 Å². The third kappa shape index (κ3) is 6.29. The zero-order valence-corrected chi connectivity index (χ0v) is 9.08. The summed E-state index contributed by atoms with van der Waals surface area (Å²) < 4.78 is 0. The van der Waals surface area contributed by atoms with Crippen molar-refractivity contribution < 1.29 is 0 Å². The third-order valence-electron chi connectivity index (χ3n) is 1.44. The zero-order chi connectivity index (χ0) is 9.40. The molecule has 0 N–H and O–H groups in total. The molecule has 0 saturated carbocycles. The monoisotopic (exact) mass is 182 g/mol. The lowest BCUT2D eigenvalue weighted by Crippen LogP contribution is -1.74. The van der Waals surface area contributed by atoms with Crippen LogP contribution in [-0.2, 0) is 0 Å². The van der Waals surface area contributed by atoms with Gasteiger partial charge in [-0.1, -0.05) is 37.3 Å². The number of hydrogen-bond donors (Lipinski definition) is 0. The molecule has 0 atom stereocenters. The second-order valence-electron chi connectivity index (χ2n) is 2.74. The lowest BCUT2D eigenvalue weighted by Gasteiger charge is -1.96. The van der Waals surface area contributed by atoms with E-state index < -0.39 is 0 Å². The lowest BCUT2D eigenvalue weighted by molar-refractivity contribution is 1.11. The molecule has 0 aliphatic carbocycles. The average Bonchev–Trinajstić information content (AvgIpc) is 2.10. The topological polar surface area (TPSA) is 0 Å². The van der Waals surface area contributed by atoms with Crippen LogP contribution in [0.5, 0.6) is 0 Å². The zero-order valence-electron chi connectivity index (χ0n) is 8.26. The highest BCUT2D eigenvalue weighted by Crippen LogP contribution is 2.15. The number of thioether (sulfide) groups is 1. The van der Waals surface area contributed by atoms with Crippen molar-refractivity contribution in [3.8, 4) is 0 Å². The molecule has 0 heterocycles. The highest BCUT2D eigenvalue weighted by atomic mass is 32.2. The van der Waals surface area contributed by atoms with Crippen molar-refractivity contribution in [3.63, 3.8) is 0 Å². The predicted molar refractivity (Wildman–Crippen MR) is 60.5 cm³/mol. The Morgan fingerprint density at radius 1 is 1.33 bits per heavy atom. The first-order valence-corrected chi connectivity index (χ1v) is 5.29. The molecule has 0 aromatic carbocycles. The Labute approximate surface area is 80.4 Å². The first-order valence-electron chi connectivity index (χ1n) is 4.31. The Balaban J connectivity index is 3.90. The van der Waals surface area contributed by atoms with Crippen LogP contribution in [0.1, 0.15) is 27.2 Å². The van der Waals surface area contributed by atoms with Crippen LogP contribution in [-0.4, -0.2) is 5.75 Å². The minimum Gasteiger partial charge on any atom is -0.131 e. The van der Waals surface area contributed by atoms with Crippen molar-refractivity contribution in [1.82, 2.24) is 0 Å². The van der Waals surface area contributed by atoms with Gasteiger partial charge in [0.05, 0.1) is 0 Å². The standard InChI is InChI=1S/C11H18S/c1-5-9-12-11(4)8-7-10(3)6-2/h6-8H,2,5,9H2,1,3-4H3/b10-7-,11-8+. The van der Waals surface area contributed by atoms with Crippen LogP contribution >= 0.6 is 11.8 Å². The van der Waals surface area contributed by atoms with Crippen LogP contribution in [0.15, 0.2) is 35.3 Å². The Kier molecular flexibility index (Phi) is 6.97. The summed E-state index contributed by atoms with van der Waals surface area (Å²) in [7, 11) is 0. The largest absolute Gasteiger partial charge is 0.131 e. The van der Waals surface area contributed by atoms with Gasteiger partial charge in [-0.25, -0.2) is 0 Å². The van der Waals surface area contributed by atoms with E-state index >= 15 is 0 Å². The maximum Gasteiger partial charge on any atom is -0.00260 e. The fourth-order valence-electron chi connectivity index (χ4n) is 0.628. The van der Waals surface area contributed by atoms with Crippen molar-refractivity contribution in [2.75, 3.05) is 5.75 Å². The summed E-state index contributed by atoms with van der Waals surface area (Å²) in [6.07, 6.45) is 7.36. The van der Waals surface area contributed by atoms with Crippen LogP contribution in [0, 0.1) is 0 Å². The van der Waals surface area contributed by atoms with Crippen molar-refractivity contribution in [1.29, 1.82) is 0 Å². The molecular formula is C11H18S. The minimum atomic E-state index is 1.21. The molecule has 0 radical (unpaired) electrons. The summed E-state index contributed by atoms with van der Waals surface area (Å²) in [4.78, 5) is 1.37. The molecule has 12 heavy (non-hydrogen) atoms. The summed E-state index contributed by atoms with van der Waals surface area (Å²) >= 11 is 1.91. The predicted octanol–water partition coefficient (Wildman–Crippen LogP) is 4.17. The molecule has 0 unspecified atom stereocenters. The summed E-state index contributed by atoms with van der Waals surface area (Å²) in [5.74, 6) is 1.21. The lowest BCUT2D eigenvalue weighted by atomic mass is 10.3. The Bertz CT molecular complexity index is 187. The molecule has 1 heteroatoms. The highest BCUT2D eigenvalue weighted by Gasteiger charge is 1.86. The van der Waals surface area contributed by atoms with Gasteiger partial charge < -0.3 is 0 Å². The van der Waals surface area contributed by atoms with Crippen molar-refractivity contribution in [2.24, 2.45) is 0 Å². The van der Waals surface area contributed by atoms with Gasteiger partial charge in [-0.05, 0) is 30.9 Å². The van der Waals surface area contributed by atoms with Gasteiger partial charge in [0.2, 0.25) is 0 Å². The highest BCUT2D eigenvalue weighted by molar-refractivity contribution is 8.03. The SMILES string of the molecule is C=C/C(C)=C\C=C(/C)SCCC. The molecule has 0 spiro atoms. The van der Waals surface area contributed by atoms with Crippen LogP contribution in [0.4, 0.5) is 0 Å². The molecule has 0 saturated heterocycles. The van der Waals surface area contributed by atoms with Gasteiger partial charge in [0.25, 0.3) is 0 Å². The molecule has 0 rings (SSSR count). The molecule has 0 aliphatic heterocycles. The molecule has 0 nitrogen and oxygen atoms in total. The fraction of sp³-hybridized carbons (Fsp3) is 0.455. The van der Waals surface area contributed by atoms with E-state index in [4.69, 9.17) is 0 Å². The van der Waals surface area contributed by atoms with E-state index in [0.29, 0.717) is 0 Å². The van der Waals surface area contributed by atoms with Gasteiger partial charge in [-0.15, -0.1) is 11.8 Å². The van der Waals surface area contributed by atoms with E-state index in [1.54, 1.807) is 0 Å². The van der Waals surface area contributed by atoms with Crippen molar-refractivity contribution >= 4 is 11.8 Å². The molecule has 0 aromatic rings. The molecule has 0 bridgehead atoms. The van der Waals surface area contributed by atoms with Gasteiger partial charge >= 0.3 is 0 Å². The number of hydrogen-bond acceptors (Lipinski definition) is 1. The third-order valence-corrected chi connectivity index (χ3v) is 2.64. The summed E-state index contributed by atoms with van der Waals surface area (Å²) in [5, 5.41) is 0. The summed E-state index contributed by atoms with van der Waals surface area (Å²) in [6, 6.07) is 0. The van der Waals surface area contributed by atoms with Gasteiger partial charge in [-0.2, -0.15) is 0 Å². The molecule has 0 amide bonds. The smallest absolute Gasteiger partial charge is 0.00260 e. The fourth-order valence-corrected chi connectivity index (χ4v) is 1.32. The Morgan fingerprint density at radius 2 is 2.00 bits per heavy atom. The van der Waals surface area contributed by atoms with E-state index in [1.807, 2.05) is 17.8 Å². The van der Waals surface area contributed by atoms with E-state index in [2.05, 4.69) is 39.5 Å². The van der Waals surface area contributed by atoms with Gasteiger partial charge in [0, 0.05) is 0 Å². The Hall–Kier alpha value is -0.430.